The van der Waals surface area contributed by atoms with Crippen LogP contribution in [0, 0.1) is 24.2 Å². The molecule has 0 amide bonds. The van der Waals surface area contributed by atoms with E-state index < -0.39 is 0 Å². The SMILES string of the molecule is CCCC1CCN(Cc2ccc(C#N)cc2C)C1. The van der Waals surface area contributed by atoms with Gasteiger partial charge in [0.05, 0.1) is 11.6 Å². The molecule has 2 heteroatoms. The molecule has 1 atom stereocenters. The first-order chi connectivity index (χ1) is 8.72. The van der Waals surface area contributed by atoms with Crippen LogP contribution in [0.25, 0.3) is 0 Å². The number of likely N-dealkylation sites (tertiary alicyclic amines) is 1. The number of nitrogens with zero attached hydrogens (tertiary/aromatic N) is 2. The van der Waals surface area contributed by atoms with E-state index in [-0.39, 0.29) is 0 Å². The van der Waals surface area contributed by atoms with Crippen molar-refractivity contribution in [2.75, 3.05) is 13.1 Å². The van der Waals surface area contributed by atoms with Crippen molar-refractivity contribution in [3.8, 4) is 6.07 Å². The Bertz CT molecular complexity index is 445. The second-order valence-corrected chi connectivity index (χ2v) is 5.43. The Morgan fingerprint density at radius 3 is 2.94 bits per heavy atom. The normalized spacial score (nSPS) is 19.9. The first-order valence-corrected chi connectivity index (χ1v) is 6.95. The molecular weight excluding hydrogens is 220 g/mol. The van der Waals surface area contributed by atoms with Gasteiger partial charge in [-0.15, -0.1) is 0 Å². The zero-order valence-corrected chi connectivity index (χ0v) is 11.4. The van der Waals surface area contributed by atoms with Crippen molar-refractivity contribution in [3.63, 3.8) is 0 Å². The molecule has 2 rings (SSSR count). The lowest BCUT2D eigenvalue weighted by molar-refractivity contribution is 0.312. The molecule has 1 heterocycles. The van der Waals surface area contributed by atoms with Gasteiger partial charge in [0.25, 0.3) is 0 Å². The van der Waals surface area contributed by atoms with Crippen LogP contribution in [0.3, 0.4) is 0 Å². The summed E-state index contributed by atoms with van der Waals surface area (Å²) in [6, 6.07) is 8.24. The summed E-state index contributed by atoms with van der Waals surface area (Å²) in [4.78, 5) is 2.55. The second-order valence-electron chi connectivity index (χ2n) is 5.43. The minimum atomic E-state index is 0.765. The summed E-state index contributed by atoms with van der Waals surface area (Å²) in [5.41, 5.74) is 3.38. The van der Waals surface area contributed by atoms with Crippen molar-refractivity contribution in [2.45, 2.75) is 39.7 Å². The summed E-state index contributed by atoms with van der Waals surface area (Å²) >= 11 is 0. The number of rotatable bonds is 4. The molecule has 1 saturated heterocycles. The van der Waals surface area contributed by atoms with Crippen LogP contribution < -0.4 is 0 Å². The van der Waals surface area contributed by atoms with E-state index in [9.17, 15) is 0 Å². The number of aryl methyl sites for hydroxylation is 1. The largest absolute Gasteiger partial charge is 0.299 e. The molecule has 0 spiro atoms. The number of hydrogen-bond acceptors (Lipinski definition) is 2. The average Bonchev–Trinajstić information content (AvgIpc) is 2.80. The third-order valence-corrected chi connectivity index (χ3v) is 3.93. The molecule has 1 aliphatic heterocycles. The predicted molar refractivity (Wildman–Crippen MR) is 74.2 cm³/mol. The Labute approximate surface area is 110 Å². The van der Waals surface area contributed by atoms with Crippen molar-refractivity contribution in [2.24, 2.45) is 5.92 Å². The molecular formula is C16H22N2. The van der Waals surface area contributed by atoms with Crippen LogP contribution >= 0.6 is 0 Å². The molecule has 0 bridgehead atoms. The molecule has 2 nitrogen and oxygen atoms in total. The standard InChI is InChI=1S/C16H22N2/c1-3-4-14-7-8-18(11-14)12-16-6-5-15(10-17)9-13(16)2/h5-6,9,14H,3-4,7-8,11-12H2,1-2H3. The summed E-state index contributed by atoms with van der Waals surface area (Å²) in [6.07, 6.45) is 4.01. The van der Waals surface area contributed by atoms with Crippen molar-refractivity contribution in [1.29, 1.82) is 5.26 Å². The van der Waals surface area contributed by atoms with Gasteiger partial charge in [-0.25, -0.2) is 0 Å². The van der Waals surface area contributed by atoms with Crippen LogP contribution in [0.4, 0.5) is 0 Å². The van der Waals surface area contributed by atoms with Crippen LogP contribution in [-0.4, -0.2) is 18.0 Å². The summed E-state index contributed by atoms with van der Waals surface area (Å²) < 4.78 is 0. The summed E-state index contributed by atoms with van der Waals surface area (Å²) in [5.74, 6) is 0.897. The van der Waals surface area contributed by atoms with E-state index in [1.54, 1.807) is 0 Å². The van der Waals surface area contributed by atoms with Crippen LogP contribution in [0.5, 0.6) is 0 Å². The lowest BCUT2D eigenvalue weighted by Gasteiger charge is -2.17. The monoisotopic (exact) mass is 242 g/mol. The topological polar surface area (TPSA) is 27.0 Å². The van der Waals surface area contributed by atoms with E-state index in [4.69, 9.17) is 5.26 Å². The van der Waals surface area contributed by atoms with Crippen LogP contribution in [0.1, 0.15) is 42.9 Å². The van der Waals surface area contributed by atoms with Crippen molar-refractivity contribution in [1.82, 2.24) is 4.90 Å². The number of nitriles is 1. The molecule has 1 aromatic carbocycles. The van der Waals surface area contributed by atoms with Crippen molar-refractivity contribution >= 4 is 0 Å². The van der Waals surface area contributed by atoms with Gasteiger partial charge in [-0.1, -0.05) is 19.4 Å². The van der Waals surface area contributed by atoms with Crippen LogP contribution in [-0.2, 0) is 6.54 Å². The van der Waals surface area contributed by atoms with E-state index in [0.29, 0.717) is 0 Å². The zero-order valence-electron chi connectivity index (χ0n) is 11.4. The molecule has 1 unspecified atom stereocenters. The molecule has 0 aliphatic carbocycles. The first kappa shape index (κ1) is 13.1. The molecule has 0 N–H and O–H groups in total. The maximum absolute atomic E-state index is 8.87. The minimum Gasteiger partial charge on any atom is -0.299 e. The Hall–Kier alpha value is -1.33. The van der Waals surface area contributed by atoms with Gasteiger partial charge in [-0.2, -0.15) is 5.26 Å². The summed E-state index contributed by atoms with van der Waals surface area (Å²) in [6.45, 7) is 7.89. The fourth-order valence-corrected chi connectivity index (χ4v) is 2.88. The number of hydrogen-bond donors (Lipinski definition) is 0. The fraction of sp³-hybridized carbons (Fsp3) is 0.562. The third kappa shape index (κ3) is 3.11. The predicted octanol–water partition coefficient (Wildman–Crippen LogP) is 3.49. The fourth-order valence-electron chi connectivity index (χ4n) is 2.88. The maximum Gasteiger partial charge on any atom is 0.0991 e. The highest BCUT2D eigenvalue weighted by Gasteiger charge is 2.21. The highest BCUT2D eigenvalue weighted by Crippen LogP contribution is 2.23. The lowest BCUT2D eigenvalue weighted by atomic mass is 10.0. The molecule has 18 heavy (non-hydrogen) atoms. The smallest absolute Gasteiger partial charge is 0.0991 e. The van der Waals surface area contributed by atoms with Crippen LogP contribution in [0.15, 0.2) is 18.2 Å². The molecule has 96 valence electrons. The molecule has 1 aromatic rings. The van der Waals surface area contributed by atoms with E-state index in [2.05, 4.69) is 30.9 Å². The highest BCUT2D eigenvalue weighted by atomic mass is 15.1. The molecule has 0 saturated carbocycles. The maximum atomic E-state index is 8.87. The summed E-state index contributed by atoms with van der Waals surface area (Å²) in [7, 11) is 0. The van der Waals surface area contributed by atoms with Gasteiger partial charge in [-0.05, 0) is 55.5 Å². The number of benzene rings is 1. The van der Waals surface area contributed by atoms with Gasteiger partial charge in [0.2, 0.25) is 0 Å². The van der Waals surface area contributed by atoms with Crippen molar-refractivity contribution < 1.29 is 0 Å². The van der Waals surface area contributed by atoms with E-state index >= 15 is 0 Å². The Morgan fingerprint density at radius 1 is 1.44 bits per heavy atom. The third-order valence-electron chi connectivity index (χ3n) is 3.93. The van der Waals surface area contributed by atoms with E-state index in [1.165, 1.54) is 43.5 Å². The van der Waals surface area contributed by atoms with Gasteiger partial charge in [0, 0.05) is 13.1 Å². The van der Waals surface area contributed by atoms with Gasteiger partial charge in [0.1, 0.15) is 0 Å². The quantitative estimate of drug-likeness (QED) is 0.808. The molecule has 0 aromatic heterocycles. The van der Waals surface area contributed by atoms with E-state index in [0.717, 1.165) is 18.0 Å². The van der Waals surface area contributed by atoms with Crippen LogP contribution in [0.2, 0.25) is 0 Å². The molecule has 1 aliphatic rings. The summed E-state index contributed by atoms with van der Waals surface area (Å²) in [5, 5.41) is 8.87. The zero-order chi connectivity index (χ0) is 13.0. The molecule has 1 fully saturated rings. The lowest BCUT2D eigenvalue weighted by Crippen LogP contribution is -2.20. The average molecular weight is 242 g/mol. The Balaban J connectivity index is 1.96. The van der Waals surface area contributed by atoms with Gasteiger partial charge >= 0.3 is 0 Å². The van der Waals surface area contributed by atoms with Gasteiger partial charge < -0.3 is 0 Å². The van der Waals surface area contributed by atoms with E-state index in [1.807, 2.05) is 12.1 Å². The molecule has 0 radical (unpaired) electrons. The highest BCUT2D eigenvalue weighted by molar-refractivity contribution is 5.37. The Morgan fingerprint density at radius 2 is 2.28 bits per heavy atom. The van der Waals surface area contributed by atoms with Crippen molar-refractivity contribution in [3.05, 3.63) is 34.9 Å². The first-order valence-electron chi connectivity index (χ1n) is 6.95. The van der Waals surface area contributed by atoms with Gasteiger partial charge in [0.15, 0.2) is 0 Å². The Kier molecular flexibility index (Phi) is 4.38. The minimum absolute atomic E-state index is 0.765. The second kappa shape index (κ2) is 6.02. The van der Waals surface area contributed by atoms with Gasteiger partial charge in [-0.3, -0.25) is 4.90 Å².